The van der Waals surface area contributed by atoms with Crippen molar-refractivity contribution < 1.29 is 48.9 Å². The van der Waals surface area contributed by atoms with Crippen molar-refractivity contribution >= 4 is 41.5 Å². The number of nitrogens with one attached hydrogen (secondary N) is 5. The SMILES string of the molecule is CC(C)[C@H](NC(=O)[C@H](Cc1ccccc1)NC(=O)[C@H](C)NC(=O)[C@H](C)NC(=O)[C@H](CCc1ccc(O)cc1)NC(=O)[C@@H](N)CC(=O)O)C(=O)O. The van der Waals surface area contributed by atoms with Gasteiger partial charge >= 0.3 is 11.9 Å². The number of phenols is 1. The molecule has 0 aliphatic carbocycles. The van der Waals surface area contributed by atoms with E-state index in [0.717, 1.165) is 5.56 Å². The van der Waals surface area contributed by atoms with E-state index < -0.39 is 90.1 Å². The van der Waals surface area contributed by atoms with Crippen LogP contribution in [-0.4, -0.2) is 93.0 Å². The van der Waals surface area contributed by atoms with E-state index in [2.05, 4.69) is 26.6 Å². The van der Waals surface area contributed by atoms with Gasteiger partial charge in [0.25, 0.3) is 0 Å². The van der Waals surface area contributed by atoms with Crippen LogP contribution in [0, 0.1) is 5.92 Å². The summed E-state index contributed by atoms with van der Waals surface area (Å²) in [6.07, 6.45) is -0.363. The number of nitrogens with two attached hydrogens (primary N) is 1. The van der Waals surface area contributed by atoms with Crippen LogP contribution in [0.5, 0.6) is 5.75 Å². The molecule has 0 fully saturated rings. The van der Waals surface area contributed by atoms with Crippen LogP contribution < -0.4 is 32.3 Å². The third-order valence-electron chi connectivity index (χ3n) is 7.67. The Labute approximate surface area is 289 Å². The highest BCUT2D eigenvalue weighted by Gasteiger charge is 2.31. The summed E-state index contributed by atoms with van der Waals surface area (Å²) in [7, 11) is 0. The Morgan fingerprint density at radius 3 is 1.70 bits per heavy atom. The second-order valence-electron chi connectivity index (χ2n) is 12.3. The average Bonchev–Trinajstić information content (AvgIpc) is 3.05. The number of phenolic OH excluding ortho intramolecular Hbond substituents is 1. The van der Waals surface area contributed by atoms with Crippen LogP contribution in [0.1, 0.15) is 51.7 Å². The molecule has 0 aliphatic rings. The number of carboxylic acids is 2. The number of rotatable bonds is 19. The molecule has 0 aromatic heterocycles. The van der Waals surface area contributed by atoms with Gasteiger partial charge in [-0.2, -0.15) is 0 Å². The number of aliphatic carboxylic acids is 2. The molecule has 272 valence electrons. The minimum Gasteiger partial charge on any atom is -0.508 e. The second kappa shape index (κ2) is 19.5. The summed E-state index contributed by atoms with van der Waals surface area (Å²) in [5, 5.41) is 40.4. The lowest BCUT2D eigenvalue weighted by Crippen LogP contribution is -2.58. The molecule has 10 N–H and O–H groups in total. The quantitative estimate of drug-likeness (QED) is 0.0909. The van der Waals surface area contributed by atoms with Crippen LogP contribution in [-0.2, 0) is 46.4 Å². The summed E-state index contributed by atoms with van der Waals surface area (Å²) in [4.78, 5) is 87.9. The van der Waals surface area contributed by atoms with Crippen LogP contribution in [0.2, 0.25) is 0 Å². The molecule has 16 nitrogen and oxygen atoms in total. The first-order valence-electron chi connectivity index (χ1n) is 16.0. The normalized spacial score (nSPS) is 14.5. The summed E-state index contributed by atoms with van der Waals surface area (Å²) in [5.41, 5.74) is 7.07. The van der Waals surface area contributed by atoms with Gasteiger partial charge in [-0.05, 0) is 55.9 Å². The predicted octanol–water partition coefficient (Wildman–Crippen LogP) is -0.426. The molecule has 6 atom stereocenters. The predicted molar refractivity (Wildman–Crippen MR) is 180 cm³/mol. The van der Waals surface area contributed by atoms with Crippen LogP contribution in [0.3, 0.4) is 0 Å². The van der Waals surface area contributed by atoms with Gasteiger partial charge in [-0.15, -0.1) is 0 Å². The highest BCUT2D eigenvalue weighted by molar-refractivity contribution is 5.96. The first-order valence-corrected chi connectivity index (χ1v) is 16.0. The number of carbonyl (C=O) groups excluding carboxylic acids is 5. The topological polar surface area (TPSA) is 266 Å². The van der Waals surface area contributed by atoms with Gasteiger partial charge in [-0.25, -0.2) is 4.79 Å². The van der Waals surface area contributed by atoms with E-state index in [4.69, 9.17) is 10.8 Å². The summed E-state index contributed by atoms with van der Waals surface area (Å²) in [5.74, 6) is -6.89. The van der Waals surface area contributed by atoms with Crippen molar-refractivity contribution in [3.05, 3.63) is 65.7 Å². The zero-order valence-corrected chi connectivity index (χ0v) is 28.3. The molecule has 0 unspecified atom stereocenters. The van der Waals surface area contributed by atoms with Gasteiger partial charge in [-0.3, -0.25) is 28.8 Å². The summed E-state index contributed by atoms with van der Waals surface area (Å²) in [6, 6.07) is 7.38. The van der Waals surface area contributed by atoms with Gasteiger partial charge in [0.05, 0.1) is 12.5 Å². The van der Waals surface area contributed by atoms with Crippen LogP contribution in [0.15, 0.2) is 54.6 Å². The van der Waals surface area contributed by atoms with Crippen molar-refractivity contribution in [1.82, 2.24) is 26.6 Å². The fraction of sp³-hybridized carbons (Fsp3) is 0.441. The molecule has 0 heterocycles. The largest absolute Gasteiger partial charge is 0.508 e. The molecule has 16 heteroatoms. The van der Waals surface area contributed by atoms with Crippen molar-refractivity contribution in [1.29, 1.82) is 0 Å². The van der Waals surface area contributed by atoms with Crippen LogP contribution in [0.4, 0.5) is 0 Å². The summed E-state index contributed by atoms with van der Waals surface area (Å²) < 4.78 is 0. The number of benzene rings is 2. The fourth-order valence-corrected chi connectivity index (χ4v) is 4.71. The molecule has 0 aliphatic heterocycles. The van der Waals surface area contributed by atoms with Gasteiger partial charge in [-0.1, -0.05) is 56.3 Å². The Bertz CT molecular complexity index is 1500. The van der Waals surface area contributed by atoms with Crippen molar-refractivity contribution in [3.8, 4) is 5.75 Å². The van der Waals surface area contributed by atoms with Crippen molar-refractivity contribution in [2.75, 3.05) is 0 Å². The number of aryl methyl sites for hydroxylation is 1. The minimum absolute atomic E-state index is 0.0275. The van der Waals surface area contributed by atoms with E-state index >= 15 is 0 Å². The minimum atomic E-state index is -1.44. The van der Waals surface area contributed by atoms with E-state index in [-0.39, 0.29) is 25.0 Å². The average molecular weight is 699 g/mol. The number of carboxylic acid groups (broad SMARTS) is 2. The molecular formula is C34H46N6O10. The second-order valence-corrected chi connectivity index (χ2v) is 12.3. The molecule has 0 saturated carbocycles. The third kappa shape index (κ3) is 13.5. The van der Waals surface area contributed by atoms with Crippen LogP contribution >= 0.6 is 0 Å². The van der Waals surface area contributed by atoms with Crippen molar-refractivity contribution in [2.45, 2.75) is 89.6 Å². The molecule has 2 aromatic rings. The first kappa shape index (κ1) is 40.7. The maximum Gasteiger partial charge on any atom is 0.326 e. The smallest absolute Gasteiger partial charge is 0.326 e. The number of carbonyl (C=O) groups is 7. The Balaban J connectivity index is 2.11. The molecule has 0 bridgehead atoms. The molecule has 5 amide bonds. The lowest BCUT2D eigenvalue weighted by atomic mass is 10.0. The standard InChI is InChI=1S/C34H46N6O10/c1-18(2)28(34(49)50)40-33(48)26(16-22-8-6-5-7-9-22)39-30(45)20(4)36-29(44)19(3)37-32(47)25(38-31(46)24(35)17-27(42)43)15-12-21-10-13-23(41)14-11-21/h5-11,13-14,18-20,24-26,28,41H,12,15-17,35H2,1-4H3,(H,36,44)(H,37,47)(H,38,46)(H,39,45)(H,40,48)(H,42,43)(H,49,50)/t19-,20-,24-,25-,26-,28-/m0/s1. The summed E-state index contributed by atoms with van der Waals surface area (Å²) >= 11 is 0. The Hall–Kier alpha value is -5.51. The van der Waals surface area contributed by atoms with E-state index in [0.29, 0.717) is 5.56 Å². The monoisotopic (exact) mass is 698 g/mol. The molecule has 2 aromatic carbocycles. The highest BCUT2D eigenvalue weighted by atomic mass is 16.4. The van der Waals surface area contributed by atoms with E-state index in [1.165, 1.54) is 26.0 Å². The van der Waals surface area contributed by atoms with Crippen LogP contribution in [0.25, 0.3) is 0 Å². The lowest BCUT2D eigenvalue weighted by Gasteiger charge is -2.25. The molecule has 0 spiro atoms. The maximum absolute atomic E-state index is 13.2. The Morgan fingerprint density at radius 2 is 1.16 bits per heavy atom. The Kier molecular flexibility index (Phi) is 15.8. The van der Waals surface area contributed by atoms with Gasteiger partial charge in [0.1, 0.15) is 36.0 Å². The number of aromatic hydroxyl groups is 1. The number of amides is 5. The maximum atomic E-state index is 13.2. The van der Waals surface area contributed by atoms with Gasteiger partial charge in [0.2, 0.25) is 29.5 Å². The molecule has 2 rings (SSSR count). The van der Waals surface area contributed by atoms with E-state index in [9.17, 15) is 43.8 Å². The van der Waals surface area contributed by atoms with E-state index in [1.54, 1.807) is 56.3 Å². The summed E-state index contributed by atoms with van der Waals surface area (Å²) in [6.45, 7) is 5.96. The highest BCUT2D eigenvalue weighted by Crippen LogP contribution is 2.13. The van der Waals surface area contributed by atoms with Crippen molar-refractivity contribution in [2.24, 2.45) is 11.7 Å². The Morgan fingerprint density at radius 1 is 0.640 bits per heavy atom. The lowest BCUT2D eigenvalue weighted by molar-refractivity contribution is -0.143. The molecule has 50 heavy (non-hydrogen) atoms. The third-order valence-corrected chi connectivity index (χ3v) is 7.67. The molecule has 0 radical (unpaired) electrons. The van der Waals surface area contributed by atoms with Gasteiger partial charge < -0.3 is 47.6 Å². The zero-order chi connectivity index (χ0) is 37.5. The number of hydrogen-bond donors (Lipinski definition) is 9. The number of hydrogen-bond acceptors (Lipinski definition) is 9. The fourth-order valence-electron chi connectivity index (χ4n) is 4.71. The first-order chi connectivity index (χ1) is 23.5. The van der Waals surface area contributed by atoms with Crippen molar-refractivity contribution in [3.63, 3.8) is 0 Å². The van der Waals surface area contributed by atoms with E-state index in [1.807, 2.05) is 0 Å². The zero-order valence-electron chi connectivity index (χ0n) is 28.3. The van der Waals surface area contributed by atoms with Gasteiger partial charge in [0.15, 0.2) is 0 Å². The van der Waals surface area contributed by atoms with Gasteiger partial charge in [0, 0.05) is 6.42 Å². The molecular weight excluding hydrogens is 652 g/mol. The molecule has 0 saturated heterocycles.